The number of carbonyl (C=O) groups excluding carboxylic acids is 2. The number of hydrogen-bond acceptors (Lipinski definition) is 5. The van der Waals surface area contributed by atoms with E-state index in [9.17, 15) is 9.59 Å². The van der Waals surface area contributed by atoms with Crippen molar-refractivity contribution in [3.8, 4) is 5.75 Å². The first-order chi connectivity index (χ1) is 7.58. The Morgan fingerprint density at radius 3 is 2.25 bits per heavy atom. The highest BCUT2D eigenvalue weighted by Crippen LogP contribution is 2.15. The Hall–Kier alpha value is -1.88. The zero-order chi connectivity index (χ0) is 12.6. The Labute approximate surface area is 93.6 Å². The van der Waals surface area contributed by atoms with Crippen molar-refractivity contribution >= 4 is 12.3 Å². The van der Waals surface area contributed by atoms with Gasteiger partial charge >= 0.3 is 5.97 Å². The van der Waals surface area contributed by atoms with Crippen LogP contribution in [0.5, 0.6) is 5.75 Å². The average Bonchev–Trinajstić information content (AvgIpc) is 2.28. The van der Waals surface area contributed by atoms with Crippen LogP contribution in [-0.4, -0.2) is 38.7 Å². The Bertz CT molecular complexity index is 359. The van der Waals surface area contributed by atoms with Gasteiger partial charge < -0.3 is 14.6 Å². The SMILES string of the molecule is COC.COC(=O)c1cc(O)cc(C=O)c1. The first kappa shape index (κ1) is 14.1. The highest BCUT2D eigenvalue weighted by atomic mass is 16.5. The third-order valence-electron chi connectivity index (χ3n) is 1.50. The molecule has 1 aromatic carbocycles. The van der Waals surface area contributed by atoms with Gasteiger partial charge in [-0.1, -0.05) is 0 Å². The number of phenolic OH excluding ortho intramolecular Hbond substituents is 1. The maximum atomic E-state index is 11.0. The lowest BCUT2D eigenvalue weighted by molar-refractivity contribution is 0.0600. The lowest BCUT2D eigenvalue weighted by Crippen LogP contribution is -2.01. The molecule has 0 aliphatic carbocycles. The van der Waals surface area contributed by atoms with Gasteiger partial charge in [-0.05, 0) is 18.2 Å². The molecule has 0 unspecified atom stereocenters. The van der Waals surface area contributed by atoms with Crippen molar-refractivity contribution in [2.45, 2.75) is 0 Å². The Morgan fingerprint density at radius 1 is 1.25 bits per heavy atom. The fraction of sp³-hybridized carbons (Fsp3) is 0.273. The van der Waals surface area contributed by atoms with Gasteiger partial charge in [-0.25, -0.2) is 4.79 Å². The molecule has 0 radical (unpaired) electrons. The summed E-state index contributed by atoms with van der Waals surface area (Å²) in [4.78, 5) is 21.3. The molecule has 0 fully saturated rings. The quantitative estimate of drug-likeness (QED) is 0.607. The van der Waals surface area contributed by atoms with Crippen LogP contribution >= 0.6 is 0 Å². The van der Waals surface area contributed by atoms with Crippen LogP contribution in [0.15, 0.2) is 18.2 Å². The van der Waals surface area contributed by atoms with E-state index in [2.05, 4.69) is 9.47 Å². The van der Waals surface area contributed by atoms with E-state index in [1.807, 2.05) is 0 Å². The zero-order valence-corrected chi connectivity index (χ0v) is 9.39. The molecule has 5 heteroatoms. The number of benzene rings is 1. The Kier molecular flexibility index (Phi) is 6.55. The topological polar surface area (TPSA) is 72.8 Å². The monoisotopic (exact) mass is 226 g/mol. The van der Waals surface area contributed by atoms with Gasteiger partial charge in [-0.3, -0.25) is 4.79 Å². The molecular weight excluding hydrogens is 212 g/mol. The second-order valence-electron chi connectivity index (χ2n) is 2.83. The summed E-state index contributed by atoms with van der Waals surface area (Å²) in [6.45, 7) is 0. The van der Waals surface area contributed by atoms with Crippen molar-refractivity contribution in [2.75, 3.05) is 21.3 Å². The third kappa shape index (κ3) is 4.56. The van der Waals surface area contributed by atoms with Crippen LogP contribution in [-0.2, 0) is 9.47 Å². The third-order valence-corrected chi connectivity index (χ3v) is 1.50. The molecule has 1 aromatic rings. The van der Waals surface area contributed by atoms with Crippen molar-refractivity contribution in [3.05, 3.63) is 29.3 Å². The largest absolute Gasteiger partial charge is 0.508 e. The molecule has 0 saturated carbocycles. The van der Waals surface area contributed by atoms with Gasteiger partial charge in [0.2, 0.25) is 0 Å². The second kappa shape index (κ2) is 7.42. The van der Waals surface area contributed by atoms with Gasteiger partial charge in [0, 0.05) is 19.8 Å². The van der Waals surface area contributed by atoms with Crippen LogP contribution in [0.1, 0.15) is 20.7 Å². The molecule has 0 aliphatic rings. The molecule has 0 amide bonds. The normalized spacial score (nSPS) is 8.69. The fourth-order valence-electron chi connectivity index (χ4n) is 0.938. The first-order valence-electron chi connectivity index (χ1n) is 4.36. The number of methoxy groups -OCH3 is 2. The molecule has 16 heavy (non-hydrogen) atoms. The van der Waals surface area contributed by atoms with Crippen molar-refractivity contribution in [3.63, 3.8) is 0 Å². The smallest absolute Gasteiger partial charge is 0.338 e. The van der Waals surface area contributed by atoms with Crippen LogP contribution in [0.25, 0.3) is 0 Å². The molecular formula is C11H14O5. The van der Waals surface area contributed by atoms with Gasteiger partial charge in [-0.2, -0.15) is 0 Å². The summed E-state index contributed by atoms with van der Waals surface area (Å²) >= 11 is 0. The summed E-state index contributed by atoms with van der Waals surface area (Å²) in [7, 11) is 4.48. The average molecular weight is 226 g/mol. The highest BCUT2D eigenvalue weighted by Gasteiger charge is 2.07. The number of aromatic hydroxyl groups is 1. The minimum Gasteiger partial charge on any atom is -0.508 e. The van der Waals surface area contributed by atoms with Crippen LogP contribution < -0.4 is 0 Å². The van der Waals surface area contributed by atoms with Crippen LogP contribution in [0, 0.1) is 0 Å². The van der Waals surface area contributed by atoms with E-state index in [1.54, 1.807) is 14.2 Å². The van der Waals surface area contributed by atoms with Gasteiger partial charge in [-0.15, -0.1) is 0 Å². The molecule has 0 aromatic heterocycles. The van der Waals surface area contributed by atoms with Gasteiger partial charge in [0.15, 0.2) is 0 Å². The number of carbonyl (C=O) groups is 2. The fourth-order valence-corrected chi connectivity index (χ4v) is 0.938. The molecule has 0 aliphatic heterocycles. The van der Waals surface area contributed by atoms with Crippen molar-refractivity contribution in [1.29, 1.82) is 0 Å². The lowest BCUT2D eigenvalue weighted by atomic mass is 10.1. The van der Waals surface area contributed by atoms with E-state index in [-0.39, 0.29) is 16.9 Å². The van der Waals surface area contributed by atoms with E-state index >= 15 is 0 Å². The lowest BCUT2D eigenvalue weighted by Gasteiger charge is -2.00. The number of aldehydes is 1. The summed E-state index contributed by atoms with van der Waals surface area (Å²) < 4.78 is 8.67. The molecule has 0 saturated heterocycles. The number of rotatable bonds is 2. The maximum absolute atomic E-state index is 11.0. The molecule has 0 bridgehead atoms. The molecule has 0 spiro atoms. The van der Waals surface area contributed by atoms with Gasteiger partial charge in [0.1, 0.15) is 12.0 Å². The first-order valence-corrected chi connectivity index (χ1v) is 4.36. The summed E-state index contributed by atoms with van der Waals surface area (Å²) in [5, 5.41) is 9.10. The van der Waals surface area contributed by atoms with Crippen molar-refractivity contribution < 1.29 is 24.2 Å². The molecule has 1 N–H and O–H groups in total. The predicted molar refractivity (Wildman–Crippen MR) is 57.8 cm³/mol. The standard InChI is InChI=1S/C9H8O4.C2H6O/c1-13-9(12)7-2-6(5-10)3-8(11)4-7;1-3-2/h2-5,11H,1H3;1-2H3. The summed E-state index contributed by atoms with van der Waals surface area (Å²) in [5.74, 6) is -0.719. The van der Waals surface area contributed by atoms with Crippen LogP contribution in [0.3, 0.4) is 0 Å². The van der Waals surface area contributed by atoms with Crippen LogP contribution in [0.4, 0.5) is 0 Å². The van der Waals surface area contributed by atoms with E-state index < -0.39 is 5.97 Å². The van der Waals surface area contributed by atoms with E-state index in [4.69, 9.17) is 5.11 Å². The highest BCUT2D eigenvalue weighted by molar-refractivity contribution is 5.92. The van der Waals surface area contributed by atoms with Gasteiger partial charge in [0.25, 0.3) is 0 Å². The van der Waals surface area contributed by atoms with E-state index in [1.165, 1.54) is 25.3 Å². The van der Waals surface area contributed by atoms with E-state index in [0.717, 1.165) is 0 Å². The van der Waals surface area contributed by atoms with Crippen molar-refractivity contribution in [2.24, 2.45) is 0 Å². The molecule has 0 atom stereocenters. The summed E-state index contributed by atoms with van der Waals surface area (Å²) in [6, 6.07) is 3.84. The second-order valence-corrected chi connectivity index (χ2v) is 2.83. The minimum absolute atomic E-state index is 0.134. The van der Waals surface area contributed by atoms with E-state index in [0.29, 0.717) is 6.29 Å². The predicted octanol–water partition coefficient (Wildman–Crippen LogP) is 1.25. The van der Waals surface area contributed by atoms with Crippen LogP contribution in [0.2, 0.25) is 0 Å². The maximum Gasteiger partial charge on any atom is 0.338 e. The Morgan fingerprint density at radius 2 is 1.81 bits per heavy atom. The molecule has 5 nitrogen and oxygen atoms in total. The molecule has 0 heterocycles. The minimum atomic E-state index is -0.584. The van der Waals surface area contributed by atoms with Crippen molar-refractivity contribution in [1.82, 2.24) is 0 Å². The Balaban J connectivity index is 0.000000673. The number of ether oxygens (including phenoxy) is 2. The number of hydrogen-bond donors (Lipinski definition) is 1. The number of esters is 1. The number of phenols is 1. The zero-order valence-electron chi connectivity index (χ0n) is 9.39. The molecule has 88 valence electrons. The summed E-state index contributed by atoms with van der Waals surface area (Å²) in [6.07, 6.45) is 0.548. The molecule has 1 rings (SSSR count). The van der Waals surface area contributed by atoms with Gasteiger partial charge in [0.05, 0.1) is 12.7 Å². The summed E-state index contributed by atoms with van der Waals surface area (Å²) in [5.41, 5.74) is 0.394.